The fourth-order valence-electron chi connectivity index (χ4n) is 2.84. The molecule has 20 heavy (non-hydrogen) atoms. The minimum Gasteiger partial charge on any atom is -0.479 e. The van der Waals surface area contributed by atoms with Gasteiger partial charge in [0.05, 0.1) is 0 Å². The number of carbonyl (C=O) groups is 2. The van der Waals surface area contributed by atoms with Gasteiger partial charge in [0.15, 0.2) is 0 Å². The quantitative estimate of drug-likeness (QED) is 0.923. The third-order valence-electron chi connectivity index (χ3n) is 4.13. The summed E-state index contributed by atoms with van der Waals surface area (Å²) in [6, 6.07) is 9.01. The Bertz CT molecular complexity index is 503. The van der Waals surface area contributed by atoms with E-state index in [1.54, 1.807) is 7.05 Å². The van der Waals surface area contributed by atoms with E-state index < -0.39 is 11.5 Å². The molecule has 1 saturated heterocycles. The summed E-state index contributed by atoms with van der Waals surface area (Å²) in [6.07, 6.45) is 1.68. The van der Waals surface area contributed by atoms with Gasteiger partial charge in [-0.25, -0.2) is 9.59 Å². The molecule has 1 heterocycles. The van der Waals surface area contributed by atoms with E-state index in [0.29, 0.717) is 19.4 Å². The third-order valence-corrected chi connectivity index (χ3v) is 4.13. The van der Waals surface area contributed by atoms with Gasteiger partial charge < -0.3 is 10.0 Å². The van der Waals surface area contributed by atoms with Gasteiger partial charge in [-0.1, -0.05) is 25.1 Å². The smallest absolute Gasteiger partial charge is 0.329 e. The predicted octanol–water partition coefficient (Wildman–Crippen LogP) is 2.57. The SMILES string of the molecule is CCC1(C(=O)O)CCCN1C(=O)N(C)c1ccccc1. The summed E-state index contributed by atoms with van der Waals surface area (Å²) in [7, 11) is 1.68. The Morgan fingerprint density at radius 1 is 1.35 bits per heavy atom. The molecule has 108 valence electrons. The number of hydrogen-bond acceptors (Lipinski definition) is 2. The molecule has 1 unspecified atom stereocenters. The maximum Gasteiger partial charge on any atom is 0.329 e. The molecule has 0 radical (unpaired) electrons. The maximum atomic E-state index is 12.6. The van der Waals surface area contributed by atoms with Crippen molar-refractivity contribution < 1.29 is 14.7 Å². The Labute approximate surface area is 118 Å². The Hall–Kier alpha value is -2.04. The summed E-state index contributed by atoms with van der Waals surface area (Å²) in [4.78, 5) is 27.2. The fourth-order valence-corrected chi connectivity index (χ4v) is 2.84. The molecule has 0 spiro atoms. The fraction of sp³-hybridized carbons (Fsp3) is 0.467. The molecule has 1 N–H and O–H groups in total. The Morgan fingerprint density at radius 3 is 2.55 bits per heavy atom. The number of carbonyl (C=O) groups excluding carboxylic acids is 1. The van der Waals surface area contributed by atoms with Crippen LogP contribution in [0.25, 0.3) is 0 Å². The molecule has 1 aromatic carbocycles. The normalized spacial score (nSPS) is 21.8. The van der Waals surface area contributed by atoms with Gasteiger partial charge in [-0.05, 0) is 31.4 Å². The second kappa shape index (κ2) is 5.53. The van der Waals surface area contributed by atoms with E-state index in [4.69, 9.17) is 0 Å². The van der Waals surface area contributed by atoms with Gasteiger partial charge in [0.2, 0.25) is 0 Å². The van der Waals surface area contributed by atoms with Crippen LogP contribution in [-0.4, -0.2) is 41.1 Å². The van der Waals surface area contributed by atoms with Crippen molar-refractivity contribution in [3.63, 3.8) is 0 Å². The minimum atomic E-state index is -1.06. The summed E-state index contributed by atoms with van der Waals surface area (Å²) >= 11 is 0. The molecule has 1 aliphatic rings. The highest BCUT2D eigenvalue weighted by Crippen LogP contribution is 2.34. The maximum absolute atomic E-state index is 12.6. The van der Waals surface area contributed by atoms with E-state index in [1.807, 2.05) is 37.3 Å². The van der Waals surface area contributed by atoms with Gasteiger partial charge in [0.25, 0.3) is 0 Å². The largest absolute Gasteiger partial charge is 0.479 e. The van der Waals surface area contributed by atoms with Crippen molar-refractivity contribution in [2.24, 2.45) is 0 Å². The zero-order valence-corrected chi connectivity index (χ0v) is 11.9. The first kappa shape index (κ1) is 14.4. The van der Waals surface area contributed by atoms with Crippen molar-refractivity contribution in [1.82, 2.24) is 4.90 Å². The minimum absolute atomic E-state index is 0.252. The van der Waals surface area contributed by atoms with Gasteiger partial charge in [0.1, 0.15) is 5.54 Å². The highest BCUT2D eigenvalue weighted by Gasteiger charge is 2.49. The molecule has 1 aliphatic heterocycles. The molecule has 2 rings (SSSR count). The zero-order valence-electron chi connectivity index (χ0n) is 11.9. The van der Waals surface area contributed by atoms with Crippen molar-refractivity contribution in [1.29, 1.82) is 0 Å². The lowest BCUT2D eigenvalue weighted by Gasteiger charge is -2.36. The Kier molecular flexibility index (Phi) is 3.97. The molecule has 5 heteroatoms. The van der Waals surface area contributed by atoms with E-state index >= 15 is 0 Å². The topological polar surface area (TPSA) is 60.9 Å². The van der Waals surface area contributed by atoms with Gasteiger partial charge in [-0.2, -0.15) is 0 Å². The van der Waals surface area contributed by atoms with Crippen molar-refractivity contribution in [2.75, 3.05) is 18.5 Å². The molecule has 0 aliphatic carbocycles. The second-order valence-electron chi connectivity index (χ2n) is 5.12. The van der Waals surface area contributed by atoms with Crippen LogP contribution in [-0.2, 0) is 4.79 Å². The summed E-state index contributed by atoms with van der Waals surface area (Å²) < 4.78 is 0. The number of hydrogen-bond donors (Lipinski definition) is 1. The zero-order chi connectivity index (χ0) is 14.8. The van der Waals surface area contributed by atoms with Gasteiger partial charge >= 0.3 is 12.0 Å². The number of para-hydroxylation sites is 1. The molecular formula is C15H20N2O3. The number of carboxylic acid groups (broad SMARTS) is 1. The van der Waals surface area contributed by atoms with Crippen molar-refractivity contribution in [3.05, 3.63) is 30.3 Å². The monoisotopic (exact) mass is 276 g/mol. The molecule has 0 aromatic heterocycles. The van der Waals surface area contributed by atoms with Gasteiger partial charge in [-0.15, -0.1) is 0 Å². The lowest BCUT2D eigenvalue weighted by molar-refractivity contribution is -0.148. The molecule has 0 saturated carbocycles. The van der Waals surface area contributed by atoms with Crippen LogP contribution in [0.3, 0.4) is 0 Å². The van der Waals surface area contributed by atoms with Crippen LogP contribution in [0.1, 0.15) is 26.2 Å². The number of likely N-dealkylation sites (tertiary alicyclic amines) is 1. The predicted molar refractivity (Wildman–Crippen MR) is 76.8 cm³/mol. The Balaban J connectivity index is 2.26. The Morgan fingerprint density at radius 2 is 2.00 bits per heavy atom. The number of nitrogens with zero attached hydrogens (tertiary/aromatic N) is 2. The molecule has 1 aromatic rings. The van der Waals surface area contributed by atoms with E-state index in [0.717, 1.165) is 12.1 Å². The van der Waals surface area contributed by atoms with Gasteiger partial charge in [0, 0.05) is 19.3 Å². The number of aliphatic carboxylic acids is 1. The average Bonchev–Trinajstić information content (AvgIpc) is 2.91. The van der Waals surface area contributed by atoms with Crippen LogP contribution in [0.5, 0.6) is 0 Å². The van der Waals surface area contributed by atoms with E-state index in [2.05, 4.69) is 0 Å². The number of amides is 2. The molecule has 5 nitrogen and oxygen atoms in total. The first-order valence-electron chi connectivity index (χ1n) is 6.86. The molecule has 1 atom stereocenters. The van der Waals surface area contributed by atoms with Crippen LogP contribution in [0.2, 0.25) is 0 Å². The summed E-state index contributed by atoms with van der Waals surface area (Å²) in [6.45, 7) is 2.32. The van der Waals surface area contributed by atoms with Crippen molar-refractivity contribution in [2.45, 2.75) is 31.7 Å². The molecule has 2 amide bonds. The van der Waals surface area contributed by atoms with Crippen LogP contribution in [0.15, 0.2) is 30.3 Å². The summed E-state index contributed by atoms with van der Waals surface area (Å²) in [5.74, 6) is -0.910. The highest BCUT2D eigenvalue weighted by atomic mass is 16.4. The van der Waals surface area contributed by atoms with Crippen LogP contribution >= 0.6 is 0 Å². The number of rotatable bonds is 3. The first-order chi connectivity index (χ1) is 9.53. The average molecular weight is 276 g/mol. The van der Waals surface area contributed by atoms with Crippen molar-refractivity contribution >= 4 is 17.7 Å². The molecule has 0 bridgehead atoms. The van der Waals surface area contributed by atoms with Crippen LogP contribution in [0.4, 0.5) is 10.5 Å². The number of benzene rings is 1. The van der Waals surface area contributed by atoms with E-state index in [9.17, 15) is 14.7 Å². The third kappa shape index (κ3) is 2.24. The van der Waals surface area contributed by atoms with Crippen LogP contribution < -0.4 is 4.90 Å². The van der Waals surface area contributed by atoms with Crippen LogP contribution in [0, 0.1) is 0 Å². The molecular weight excluding hydrogens is 256 g/mol. The van der Waals surface area contributed by atoms with Gasteiger partial charge in [-0.3, -0.25) is 4.90 Å². The molecule has 1 fully saturated rings. The standard InChI is InChI=1S/C15H20N2O3/c1-3-15(13(18)19)10-7-11-17(15)14(20)16(2)12-8-5-4-6-9-12/h4-6,8-9H,3,7,10-11H2,1-2H3,(H,18,19). The van der Waals surface area contributed by atoms with Crippen molar-refractivity contribution in [3.8, 4) is 0 Å². The van der Waals surface area contributed by atoms with E-state index in [1.165, 1.54) is 9.80 Å². The first-order valence-corrected chi connectivity index (χ1v) is 6.86. The summed E-state index contributed by atoms with van der Waals surface area (Å²) in [5.41, 5.74) is -0.292. The highest BCUT2D eigenvalue weighted by molar-refractivity contribution is 5.95. The number of anilines is 1. The number of urea groups is 1. The number of carboxylic acids is 1. The lowest BCUT2D eigenvalue weighted by Crippen LogP contribution is -2.56. The second-order valence-corrected chi connectivity index (χ2v) is 5.12. The van der Waals surface area contributed by atoms with E-state index in [-0.39, 0.29) is 6.03 Å². The lowest BCUT2D eigenvalue weighted by atomic mass is 9.93. The summed E-state index contributed by atoms with van der Waals surface area (Å²) in [5, 5.41) is 9.52.